The topological polar surface area (TPSA) is 69.6 Å². The Kier molecular flexibility index (Phi) is 5.72. The summed E-state index contributed by atoms with van der Waals surface area (Å²) in [5.74, 6) is -0.765. The second-order valence-corrected chi connectivity index (χ2v) is 4.34. The van der Waals surface area contributed by atoms with E-state index in [1.54, 1.807) is 0 Å². The molecule has 0 rings (SSSR count). The Labute approximate surface area is 85.3 Å². The SMILES string of the molecule is CC(CCC(=O)O)NC(C)(C)CCO. The Morgan fingerprint density at radius 2 is 2.07 bits per heavy atom. The minimum absolute atomic E-state index is 0.132. The number of hydrogen-bond acceptors (Lipinski definition) is 3. The summed E-state index contributed by atoms with van der Waals surface area (Å²) in [5.41, 5.74) is -0.132. The van der Waals surface area contributed by atoms with E-state index in [1.165, 1.54) is 0 Å². The summed E-state index contributed by atoms with van der Waals surface area (Å²) in [6.07, 6.45) is 1.47. The van der Waals surface area contributed by atoms with E-state index in [1.807, 2.05) is 20.8 Å². The van der Waals surface area contributed by atoms with Crippen LogP contribution < -0.4 is 5.32 Å². The van der Waals surface area contributed by atoms with E-state index >= 15 is 0 Å². The molecule has 0 aliphatic rings. The number of nitrogens with one attached hydrogen (secondary N) is 1. The molecule has 0 radical (unpaired) electrons. The lowest BCUT2D eigenvalue weighted by Gasteiger charge is -2.29. The van der Waals surface area contributed by atoms with Gasteiger partial charge in [0.05, 0.1) is 0 Å². The van der Waals surface area contributed by atoms with Gasteiger partial charge in [-0.2, -0.15) is 0 Å². The van der Waals surface area contributed by atoms with Gasteiger partial charge in [0.2, 0.25) is 0 Å². The largest absolute Gasteiger partial charge is 0.481 e. The van der Waals surface area contributed by atoms with E-state index in [0.29, 0.717) is 12.8 Å². The normalized spacial score (nSPS) is 14.0. The van der Waals surface area contributed by atoms with Crippen LogP contribution in [-0.2, 0) is 4.79 Å². The van der Waals surface area contributed by atoms with Crippen LogP contribution in [0.2, 0.25) is 0 Å². The Balaban J connectivity index is 3.80. The first-order chi connectivity index (χ1) is 6.37. The summed E-state index contributed by atoms with van der Waals surface area (Å²) in [5, 5.41) is 20.6. The van der Waals surface area contributed by atoms with Gasteiger partial charge in [-0.15, -0.1) is 0 Å². The molecule has 0 heterocycles. The summed E-state index contributed by atoms with van der Waals surface area (Å²) in [6, 6.07) is 0.160. The summed E-state index contributed by atoms with van der Waals surface area (Å²) >= 11 is 0. The highest BCUT2D eigenvalue weighted by Gasteiger charge is 2.19. The van der Waals surface area contributed by atoms with Crippen molar-refractivity contribution in [2.75, 3.05) is 6.61 Å². The van der Waals surface area contributed by atoms with Crippen LogP contribution in [0.25, 0.3) is 0 Å². The molecule has 14 heavy (non-hydrogen) atoms. The Hall–Kier alpha value is -0.610. The van der Waals surface area contributed by atoms with Gasteiger partial charge in [0, 0.05) is 24.6 Å². The third-order valence-electron chi connectivity index (χ3n) is 2.17. The minimum Gasteiger partial charge on any atom is -0.481 e. The number of carbonyl (C=O) groups is 1. The molecule has 0 saturated carbocycles. The monoisotopic (exact) mass is 203 g/mol. The second kappa shape index (κ2) is 5.98. The maximum atomic E-state index is 10.3. The molecular weight excluding hydrogens is 182 g/mol. The van der Waals surface area contributed by atoms with Crippen molar-refractivity contribution in [2.45, 2.75) is 51.6 Å². The van der Waals surface area contributed by atoms with Crippen molar-refractivity contribution in [1.29, 1.82) is 0 Å². The number of carboxylic acid groups (broad SMARTS) is 1. The van der Waals surface area contributed by atoms with Crippen molar-refractivity contribution in [3.63, 3.8) is 0 Å². The predicted molar refractivity (Wildman–Crippen MR) is 55.2 cm³/mol. The van der Waals surface area contributed by atoms with Crippen LogP contribution >= 0.6 is 0 Å². The first-order valence-electron chi connectivity index (χ1n) is 4.98. The van der Waals surface area contributed by atoms with Gasteiger partial charge in [0.25, 0.3) is 0 Å². The van der Waals surface area contributed by atoms with E-state index in [2.05, 4.69) is 5.32 Å². The van der Waals surface area contributed by atoms with Crippen molar-refractivity contribution in [1.82, 2.24) is 5.32 Å². The summed E-state index contributed by atoms with van der Waals surface area (Å²) in [7, 11) is 0. The van der Waals surface area contributed by atoms with E-state index in [-0.39, 0.29) is 24.6 Å². The van der Waals surface area contributed by atoms with Crippen molar-refractivity contribution < 1.29 is 15.0 Å². The molecule has 0 aliphatic heterocycles. The smallest absolute Gasteiger partial charge is 0.303 e. The average Bonchev–Trinajstić information content (AvgIpc) is 1.99. The molecule has 0 aromatic heterocycles. The zero-order chi connectivity index (χ0) is 11.2. The molecule has 4 heteroatoms. The molecule has 0 aromatic rings. The molecular formula is C10H21NO3. The van der Waals surface area contributed by atoms with Crippen LogP contribution in [0.4, 0.5) is 0 Å². The Morgan fingerprint density at radius 3 is 2.50 bits per heavy atom. The number of aliphatic hydroxyl groups excluding tert-OH is 1. The third kappa shape index (κ3) is 6.86. The second-order valence-electron chi connectivity index (χ2n) is 4.34. The van der Waals surface area contributed by atoms with Gasteiger partial charge < -0.3 is 15.5 Å². The van der Waals surface area contributed by atoms with Crippen molar-refractivity contribution >= 4 is 5.97 Å². The number of aliphatic carboxylic acids is 1. The highest BCUT2D eigenvalue weighted by atomic mass is 16.4. The number of rotatable bonds is 7. The quantitative estimate of drug-likeness (QED) is 0.577. The van der Waals surface area contributed by atoms with Gasteiger partial charge in [-0.3, -0.25) is 4.79 Å². The van der Waals surface area contributed by atoms with Gasteiger partial charge in [-0.05, 0) is 33.6 Å². The lowest BCUT2D eigenvalue weighted by atomic mass is 9.99. The van der Waals surface area contributed by atoms with Crippen molar-refractivity contribution in [3.05, 3.63) is 0 Å². The van der Waals surface area contributed by atoms with Gasteiger partial charge in [-0.1, -0.05) is 0 Å². The van der Waals surface area contributed by atoms with Crippen LogP contribution in [0.5, 0.6) is 0 Å². The molecule has 1 atom stereocenters. The fourth-order valence-corrected chi connectivity index (χ4v) is 1.43. The van der Waals surface area contributed by atoms with Crippen LogP contribution in [-0.4, -0.2) is 34.4 Å². The van der Waals surface area contributed by atoms with Gasteiger partial charge in [0.1, 0.15) is 0 Å². The van der Waals surface area contributed by atoms with E-state index in [4.69, 9.17) is 10.2 Å². The molecule has 0 aliphatic carbocycles. The maximum absolute atomic E-state index is 10.3. The lowest BCUT2D eigenvalue weighted by Crippen LogP contribution is -2.45. The predicted octanol–water partition coefficient (Wildman–Crippen LogP) is 0.990. The van der Waals surface area contributed by atoms with Gasteiger partial charge in [-0.25, -0.2) is 0 Å². The molecule has 4 nitrogen and oxygen atoms in total. The van der Waals surface area contributed by atoms with Gasteiger partial charge >= 0.3 is 5.97 Å². The Morgan fingerprint density at radius 1 is 1.50 bits per heavy atom. The van der Waals surface area contributed by atoms with Gasteiger partial charge in [0.15, 0.2) is 0 Å². The standard InChI is InChI=1S/C10H21NO3/c1-8(4-5-9(13)14)11-10(2,3)6-7-12/h8,11-12H,4-7H2,1-3H3,(H,13,14). The molecule has 0 spiro atoms. The summed E-state index contributed by atoms with van der Waals surface area (Å²) in [4.78, 5) is 10.3. The third-order valence-corrected chi connectivity index (χ3v) is 2.17. The van der Waals surface area contributed by atoms with Crippen molar-refractivity contribution in [3.8, 4) is 0 Å². The molecule has 3 N–H and O–H groups in total. The van der Waals surface area contributed by atoms with Crippen molar-refractivity contribution in [2.24, 2.45) is 0 Å². The minimum atomic E-state index is -0.765. The molecule has 1 unspecified atom stereocenters. The molecule has 0 amide bonds. The number of hydrogen-bond donors (Lipinski definition) is 3. The van der Waals surface area contributed by atoms with Crippen LogP contribution in [0.1, 0.15) is 40.0 Å². The first-order valence-corrected chi connectivity index (χ1v) is 4.98. The molecule has 84 valence electrons. The zero-order valence-corrected chi connectivity index (χ0v) is 9.21. The number of aliphatic hydroxyl groups is 1. The lowest BCUT2D eigenvalue weighted by molar-refractivity contribution is -0.137. The van der Waals surface area contributed by atoms with Crippen LogP contribution in [0, 0.1) is 0 Å². The average molecular weight is 203 g/mol. The number of carboxylic acids is 1. The molecule has 0 fully saturated rings. The molecule has 0 bridgehead atoms. The summed E-state index contributed by atoms with van der Waals surface area (Å²) < 4.78 is 0. The van der Waals surface area contributed by atoms with E-state index in [9.17, 15) is 4.79 Å². The van der Waals surface area contributed by atoms with Crippen LogP contribution in [0.15, 0.2) is 0 Å². The van der Waals surface area contributed by atoms with E-state index in [0.717, 1.165) is 0 Å². The van der Waals surface area contributed by atoms with Crippen LogP contribution in [0.3, 0.4) is 0 Å². The highest BCUT2D eigenvalue weighted by Crippen LogP contribution is 2.10. The molecule has 0 saturated heterocycles. The van der Waals surface area contributed by atoms with E-state index < -0.39 is 5.97 Å². The maximum Gasteiger partial charge on any atom is 0.303 e. The fraction of sp³-hybridized carbons (Fsp3) is 0.900. The summed E-state index contributed by atoms with van der Waals surface area (Å²) in [6.45, 7) is 6.11. The highest BCUT2D eigenvalue weighted by molar-refractivity contribution is 5.66. The molecule has 0 aromatic carbocycles. The zero-order valence-electron chi connectivity index (χ0n) is 9.21. The fourth-order valence-electron chi connectivity index (χ4n) is 1.43. The Bertz CT molecular complexity index is 180. The first kappa shape index (κ1) is 13.4.